The third-order valence-corrected chi connectivity index (χ3v) is 1.15. The highest BCUT2D eigenvalue weighted by Crippen LogP contribution is 1.81. The summed E-state index contributed by atoms with van der Waals surface area (Å²) < 4.78 is 20.3. The van der Waals surface area contributed by atoms with Gasteiger partial charge in [-0.05, 0) is 6.92 Å². The zero-order valence-corrected chi connectivity index (χ0v) is 5.20. The van der Waals surface area contributed by atoms with E-state index in [1.54, 1.807) is 6.92 Å². The molecule has 0 saturated heterocycles. The van der Waals surface area contributed by atoms with Gasteiger partial charge in [0.1, 0.15) is 0 Å². The highest BCUT2D eigenvalue weighted by molar-refractivity contribution is 7.93. The molecule has 0 radical (unpaired) electrons. The van der Waals surface area contributed by atoms with Gasteiger partial charge in [-0.15, -0.1) is 0 Å². The Morgan fingerprint density at radius 3 is 1.86 bits per heavy atom. The van der Waals surface area contributed by atoms with Gasteiger partial charge >= 0.3 is 0 Å². The number of sulfone groups is 1. The van der Waals surface area contributed by atoms with E-state index in [9.17, 15) is 8.42 Å². The van der Waals surface area contributed by atoms with Crippen molar-refractivity contribution in [1.29, 1.82) is 0 Å². The van der Waals surface area contributed by atoms with Crippen LogP contribution in [0, 0.1) is 0 Å². The van der Waals surface area contributed by atoms with Crippen LogP contribution in [0.3, 0.4) is 0 Å². The zero-order valence-electron chi connectivity index (χ0n) is 4.38. The van der Waals surface area contributed by atoms with E-state index in [1.165, 1.54) is 6.08 Å². The van der Waals surface area contributed by atoms with Crippen LogP contribution in [0.4, 0.5) is 0 Å². The van der Waals surface area contributed by atoms with Crippen molar-refractivity contribution in [3.05, 3.63) is 11.5 Å². The second-order valence-electron chi connectivity index (χ2n) is 1.30. The molecule has 42 valence electrons. The summed E-state index contributed by atoms with van der Waals surface area (Å²) >= 11 is 0. The number of rotatable bonds is 1. The predicted molar refractivity (Wildman–Crippen MR) is 29.7 cm³/mol. The molecule has 0 fully saturated rings. The van der Waals surface area contributed by atoms with Gasteiger partial charge in [0.05, 0.1) is 0 Å². The third-order valence-electron chi connectivity index (χ3n) is 0.383. The first-order valence-corrected chi connectivity index (χ1v) is 3.84. The van der Waals surface area contributed by atoms with Crippen molar-refractivity contribution in [2.45, 2.75) is 6.92 Å². The lowest BCUT2D eigenvalue weighted by atomic mass is 10.8. The Morgan fingerprint density at radius 1 is 1.43 bits per heavy atom. The maximum absolute atomic E-state index is 10.1. The molecule has 0 rings (SSSR count). The lowest BCUT2D eigenvalue weighted by molar-refractivity contribution is 0.610. The van der Waals surface area contributed by atoms with Crippen molar-refractivity contribution >= 4 is 9.84 Å². The first-order valence-electron chi connectivity index (χ1n) is 1.89. The molecule has 0 unspecified atom stereocenters. The van der Waals surface area contributed by atoms with Crippen LogP contribution in [-0.2, 0) is 9.84 Å². The second-order valence-corrected chi connectivity index (χ2v) is 3.23. The fourth-order valence-corrected chi connectivity index (χ4v) is 0.742. The molecule has 0 heterocycles. The summed E-state index contributed by atoms with van der Waals surface area (Å²) in [6.07, 6.45) is 2.66. The molecule has 7 heavy (non-hydrogen) atoms. The van der Waals surface area contributed by atoms with E-state index < -0.39 is 9.84 Å². The molecule has 0 aromatic heterocycles. The predicted octanol–water partition coefficient (Wildman–Crippen LogP) is 0.565. The quantitative estimate of drug-likeness (QED) is 0.507. The smallest absolute Gasteiger partial charge is 0.168 e. The topological polar surface area (TPSA) is 34.1 Å². The minimum Gasteiger partial charge on any atom is -0.225 e. The van der Waals surface area contributed by atoms with Crippen molar-refractivity contribution in [3.8, 4) is 0 Å². The molecule has 0 aromatic rings. The van der Waals surface area contributed by atoms with E-state index in [4.69, 9.17) is 0 Å². The summed E-state index contributed by atoms with van der Waals surface area (Å²) in [5, 5.41) is 1.16. The van der Waals surface area contributed by atoms with Crippen LogP contribution >= 0.6 is 0 Å². The number of hydrogen-bond acceptors (Lipinski definition) is 2. The Hall–Kier alpha value is -0.310. The van der Waals surface area contributed by atoms with E-state index in [2.05, 4.69) is 0 Å². The fourth-order valence-electron chi connectivity index (χ4n) is 0.247. The average molecular weight is 120 g/mol. The number of hydrogen-bond donors (Lipinski definition) is 0. The average Bonchev–Trinajstić information content (AvgIpc) is 1.30. The molecule has 3 heteroatoms. The molecule has 0 aromatic carbocycles. The van der Waals surface area contributed by atoms with E-state index in [-0.39, 0.29) is 0 Å². The van der Waals surface area contributed by atoms with Crippen molar-refractivity contribution in [2.75, 3.05) is 6.26 Å². The van der Waals surface area contributed by atoms with Gasteiger partial charge in [-0.1, -0.05) is 6.08 Å². The van der Waals surface area contributed by atoms with Crippen LogP contribution in [0.1, 0.15) is 6.92 Å². The SMILES string of the molecule is CC=CS(C)(=O)=O. The van der Waals surface area contributed by atoms with E-state index >= 15 is 0 Å². The van der Waals surface area contributed by atoms with E-state index in [0.717, 1.165) is 11.7 Å². The first-order chi connectivity index (χ1) is 3.06. The van der Waals surface area contributed by atoms with Gasteiger partial charge in [0, 0.05) is 11.7 Å². The highest BCUT2D eigenvalue weighted by Gasteiger charge is 1.87. The summed E-state index contributed by atoms with van der Waals surface area (Å²) in [7, 11) is -2.85. The Bertz CT molecular complexity index is 153. The van der Waals surface area contributed by atoms with Crippen LogP contribution < -0.4 is 0 Å². The minimum atomic E-state index is -2.85. The van der Waals surface area contributed by atoms with Gasteiger partial charge in [0.15, 0.2) is 9.84 Å². The summed E-state index contributed by atoms with van der Waals surface area (Å²) in [5.74, 6) is 0. The summed E-state index contributed by atoms with van der Waals surface area (Å²) in [4.78, 5) is 0. The lowest BCUT2D eigenvalue weighted by Gasteiger charge is -1.77. The fraction of sp³-hybridized carbons (Fsp3) is 0.500. The Kier molecular flexibility index (Phi) is 2.02. The van der Waals surface area contributed by atoms with Gasteiger partial charge in [-0.25, -0.2) is 8.42 Å². The molecule has 0 saturated carbocycles. The molecular formula is C4H8O2S. The normalized spacial score (nSPS) is 12.9. The first kappa shape index (κ1) is 6.69. The molecule has 0 aliphatic carbocycles. The van der Waals surface area contributed by atoms with Crippen molar-refractivity contribution in [1.82, 2.24) is 0 Å². The largest absolute Gasteiger partial charge is 0.225 e. The molecule has 0 spiro atoms. The molecule has 0 aliphatic rings. The standard InChI is InChI=1S/C4H8O2S/c1-3-4-7(2,5)6/h3-4H,1-2H3. The van der Waals surface area contributed by atoms with Crippen LogP contribution in [0.15, 0.2) is 11.5 Å². The number of allylic oxidation sites excluding steroid dienone is 1. The van der Waals surface area contributed by atoms with Crippen LogP contribution in [0.5, 0.6) is 0 Å². The molecule has 0 atom stereocenters. The lowest BCUT2D eigenvalue weighted by Crippen LogP contribution is -1.86. The van der Waals surface area contributed by atoms with Crippen molar-refractivity contribution < 1.29 is 8.42 Å². The van der Waals surface area contributed by atoms with E-state index in [1.807, 2.05) is 0 Å². The van der Waals surface area contributed by atoms with E-state index in [0.29, 0.717) is 0 Å². The maximum Gasteiger partial charge on any atom is 0.168 e. The Morgan fingerprint density at radius 2 is 1.86 bits per heavy atom. The molecule has 2 nitrogen and oxygen atoms in total. The molecule has 0 amide bonds. The Labute approximate surface area is 43.8 Å². The van der Waals surface area contributed by atoms with Gasteiger partial charge in [-0.2, -0.15) is 0 Å². The molecule has 0 bridgehead atoms. The van der Waals surface area contributed by atoms with Crippen LogP contribution in [0.2, 0.25) is 0 Å². The van der Waals surface area contributed by atoms with Gasteiger partial charge in [0.2, 0.25) is 0 Å². The van der Waals surface area contributed by atoms with Crippen molar-refractivity contribution in [3.63, 3.8) is 0 Å². The Balaban J connectivity index is 4.13. The summed E-state index contributed by atoms with van der Waals surface area (Å²) in [5.41, 5.74) is 0. The summed E-state index contributed by atoms with van der Waals surface area (Å²) in [6.45, 7) is 1.67. The van der Waals surface area contributed by atoms with Gasteiger partial charge < -0.3 is 0 Å². The minimum absolute atomic E-state index is 1.16. The van der Waals surface area contributed by atoms with Crippen molar-refractivity contribution in [2.24, 2.45) is 0 Å². The molecule has 0 aliphatic heterocycles. The van der Waals surface area contributed by atoms with Crippen LogP contribution in [0.25, 0.3) is 0 Å². The highest BCUT2D eigenvalue weighted by atomic mass is 32.2. The van der Waals surface area contributed by atoms with Crippen LogP contribution in [-0.4, -0.2) is 14.7 Å². The third kappa shape index (κ3) is 5.69. The maximum atomic E-state index is 10.1. The monoisotopic (exact) mass is 120 g/mol. The summed E-state index contributed by atoms with van der Waals surface area (Å²) in [6, 6.07) is 0. The van der Waals surface area contributed by atoms with Gasteiger partial charge in [0.25, 0.3) is 0 Å². The second kappa shape index (κ2) is 2.12. The zero-order chi connectivity index (χ0) is 5.91. The van der Waals surface area contributed by atoms with Gasteiger partial charge in [-0.3, -0.25) is 0 Å². The molecule has 0 N–H and O–H groups in total. The molecular weight excluding hydrogens is 112 g/mol.